The maximum Gasteiger partial charge on any atom is 0.490 e. The van der Waals surface area contributed by atoms with Crippen LogP contribution in [0.4, 0.5) is 18.9 Å². The van der Waals surface area contributed by atoms with E-state index in [0.717, 1.165) is 18.8 Å². The average Bonchev–Trinajstić information content (AvgIpc) is 3.39. The van der Waals surface area contributed by atoms with Crippen molar-refractivity contribution in [3.05, 3.63) is 71.0 Å². The Balaban J connectivity index is 0.000000406. The number of nitrogens with zero attached hydrogens (tertiary/aromatic N) is 2. The number of aliphatic carboxylic acids is 1. The molecule has 0 unspecified atom stereocenters. The number of halogens is 3. The van der Waals surface area contributed by atoms with Gasteiger partial charge in [0.25, 0.3) is 5.91 Å². The normalized spacial score (nSPS) is 12.6. The SMILES string of the molecule is CC(C)c1ccc(-n2cc(O)c(C(=O)Nc3ccc4c(c3)CNC4)n2)cc1.O=C(O)C(F)(F)F. The molecule has 2 heterocycles. The van der Waals surface area contributed by atoms with E-state index in [1.165, 1.54) is 27.6 Å². The second kappa shape index (κ2) is 9.96. The van der Waals surface area contributed by atoms with E-state index in [-0.39, 0.29) is 11.4 Å². The maximum absolute atomic E-state index is 12.6. The molecule has 180 valence electrons. The first kappa shape index (κ1) is 24.8. The average molecular weight is 476 g/mol. The molecule has 0 radical (unpaired) electrons. The summed E-state index contributed by atoms with van der Waals surface area (Å²) in [6.45, 7) is 5.91. The Kier molecular flexibility index (Phi) is 7.26. The van der Waals surface area contributed by atoms with Crippen LogP contribution in [0.2, 0.25) is 0 Å². The van der Waals surface area contributed by atoms with Gasteiger partial charge in [0.2, 0.25) is 0 Å². The van der Waals surface area contributed by atoms with E-state index in [0.29, 0.717) is 11.6 Å². The molecular weight excluding hydrogens is 453 g/mol. The van der Waals surface area contributed by atoms with Gasteiger partial charge in [-0.15, -0.1) is 0 Å². The monoisotopic (exact) mass is 476 g/mol. The number of alkyl halides is 3. The highest BCUT2D eigenvalue weighted by molar-refractivity contribution is 6.04. The van der Waals surface area contributed by atoms with Crippen molar-refractivity contribution in [1.29, 1.82) is 0 Å². The Morgan fingerprint density at radius 1 is 1.09 bits per heavy atom. The van der Waals surface area contributed by atoms with Gasteiger partial charge in [-0.1, -0.05) is 32.0 Å². The number of carbonyl (C=O) groups is 2. The van der Waals surface area contributed by atoms with Crippen molar-refractivity contribution in [3.63, 3.8) is 0 Å². The zero-order chi connectivity index (χ0) is 25.0. The number of aromatic nitrogens is 2. The van der Waals surface area contributed by atoms with Crippen LogP contribution >= 0.6 is 0 Å². The lowest BCUT2D eigenvalue weighted by Gasteiger charge is -2.07. The van der Waals surface area contributed by atoms with Crippen molar-refractivity contribution in [2.45, 2.75) is 39.0 Å². The summed E-state index contributed by atoms with van der Waals surface area (Å²) >= 11 is 0. The molecule has 4 rings (SSSR count). The fourth-order valence-corrected chi connectivity index (χ4v) is 3.23. The molecule has 2 aromatic carbocycles. The Labute approximate surface area is 193 Å². The third-order valence-corrected chi connectivity index (χ3v) is 5.07. The molecule has 0 saturated carbocycles. The first-order valence-electron chi connectivity index (χ1n) is 10.3. The smallest absolute Gasteiger partial charge is 0.490 e. The molecule has 11 heteroatoms. The van der Waals surface area contributed by atoms with Crippen molar-refractivity contribution < 1.29 is 33.0 Å². The number of aromatic hydroxyl groups is 1. The summed E-state index contributed by atoms with van der Waals surface area (Å²) in [5.41, 5.74) is 5.12. The highest BCUT2D eigenvalue weighted by atomic mass is 19.4. The lowest BCUT2D eigenvalue weighted by Crippen LogP contribution is -2.21. The van der Waals surface area contributed by atoms with Gasteiger partial charge in [0.1, 0.15) is 0 Å². The topological polar surface area (TPSA) is 116 Å². The number of anilines is 1. The quantitative estimate of drug-likeness (QED) is 0.449. The van der Waals surface area contributed by atoms with Crippen LogP contribution in [0.5, 0.6) is 5.75 Å². The van der Waals surface area contributed by atoms with Crippen molar-refractivity contribution in [3.8, 4) is 11.4 Å². The third kappa shape index (κ3) is 5.93. The van der Waals surface area contributed by atoms with E-state index in [1.54, 1.807) is 0 Å². The summed E-state index contributed by atoms with van der Waals surface area (Å²) in [5, 5.41) is 27.7. The zero-order valence-electron chi connectivity index (χ0n) is 18.3. The molecule has 0 saturated heterocycles. The fourth-order valence-electron chi connectivity index (χ4n) is 3.23. The minimum atomic E-state index is -5.08. The Bertz CT molecular complexity index is 1190. The molecule has 3 aromatic rings. The summed E-state index contributed by atoms with van der Waals surface area (Å²) in [6, 6.07) is 13.7. The molecule has 0 atom stereocenters. The molecule has 8 nitrogen and oxygen atoms in total. The molecule has 34 heavy (non-hydrogen) atoms. The van der Waals surface area contributed by atoms with Crippen LogP contribution in [0.15, 0.2) is 48.7 Å². The molecular formula is C23H23F3N4O4. The van der Waals surface area contributed by atoms with Crippen molar-refractivity contribution in [1.82, 2.24) is 15.1 Å². The molecule has 0 aliphatic carbocycles. The lowest BCUT2D eigenvalue weighted by atomic mass is 10.0. The van der Waals surface area contributed by atoms with Crippen LogP contribution in [0.3, 0.4) is 0 Å². The molecule has 0 spiro atoms. The van der Waals surface area contributed by atoms with E-state index in [1.807, 2.05) is 42.5 Å². The number of hydrogen-bond donors (Lipinski definition) is 4. The molecule has 1 aliphatic heterocycles. The molecule has 0 bridgehead atoms. The summed E-state index contributed by atoms with van der Waals surface area (Å²) < 4.78 is 33.3. The number of carboxylic acid groups (broad SMARTS) is 1. The number of rotatable bonds is 4. The van der Waals surface area contributed by atoms with E-state index < -0.39 is 18.1 Å². The Morgan fingerprint density at radius 3 is 2.29 bits per heavy atom. The predicted octanol–water partition coefficient (Wildman–Crippen LogP) is 4.19. The first-order chi connectivity index (χ1) is 16.0. The number of nitrogens with one attached hydrogen (secondary N) is 2. The van der Waals surface area contributed by atoms with E-state index in [4.69, 9.17) is 9.90 Å². The molecule has 1 aliphatic rings. The van der Waals surface area contributed by atoms with Gasteiger partial charge in [-0.3, -0.25) is 4.79 Å². The number of fused-ring (bicyclic) bond motifs is 1. The molecule has 1 aromatic heterocycles. The van der Waals surface area contributed by atoms with Crippen molar-refractivity contribution in [2.24, 2.45) is 0 Å². The van der Waals surface area contributed by atoms with E-state index in [2.05, 4.69) is 29.6 Å². The zero-order valence-corrected chi connectivity index (χ0v) is 18.3. The number of carboxylic acids is 1. The van der Waals surface area contributed by atoms with Crippen LogP contribution in [0.25, 0.3) is 5.69 Å². The predicted molar refractivity (Wildman–Crippen MR) is 118 cm³/mol. The van der Waals surface area contributed by atoms with Gasteiger partial charge in [0.15, 0.2) is 11.4 Å². The Hall–Kier alpha value is -3.86. The fraction of sp³-hybridized carbons (Fsp3) is 0.261. The summed E-state index contributed by atoms with van der Waals surface area (Å²) in [7, 11) is 0. The summed E-state index contributed by atoms with van der Waals surface area (Å²) in [4.78, 5) is 21.5. The van der Waals surface area contributed by atoms with Gasteiger partial charge in [0, 0.05) is 18.8 Å². The number of carbonyl (C=O) groups excluding carboxylic acids is 1. The van der Waals surface area contributed by atoms with Crippen LogP contribution < -0.4 is 10.6 Å². The van der Waals surface area contributed by atoms with Crippen molar-refractivity contribution >= 4 is 17.6 Å². The van der Waals surface area contributed by atoms with Gasteiger partial charge in [0.05, 0.1) is 11.9 Å². The van der Waals surface area contributed by atoms with Crippen LogP contribution in [0, 0.1) is 0 Å². The van der Waals surface area contributed by atoms with Gasteiger partial charge in [-0.05, 0) is 46.9 Å². The second-order valence-corrected chi connectivity index (χ2v) is 7.90. The molecule has 0 fully saturated rings. The van der Waals surface area contributed by atoms with Gasteiger partial charge in [-0.25, -0.2) is 9.48 Å². The van der Waals surface area contributed by atoms with E-state index in [9.17, 15) is 23.1 Å². The van der Waals surface area contributed by atoms with Crippen LogP contribution in [-0.2, 0) is 17.9 Å². The molecule has 4 N–H and O–H groups in total. The summed E-state index contributed by atoms with van der Waals surface area (Å²) in [5.74, 6) is -2.90. The third-order valence-electron chi connectivity index (χ3n) is 5.07. The highest BCUT2D eigenvalue weighted by Crippen LogP contribution is 2.23. The highest BCUT2D eigenvalue weighted by Gasteiger charge is 2.38. The van der Waals surface area contributed by atoms with Gasteiger partial charge < -0.3 is 20.8 Å². The van der Waals surface area contributed by atoms with Gasteiger partial charge >= 0.3 is 12.1 Å². The van der Waals surface area contributed by atoms with Crippen molar-refractivity contribution in [2.75, 3.05) is 5.32 Å². The minimum Gasteiger partial charge on any atom is -0.504 e. The van der Waals surface area contributed by atoms with Gasteiger partial charge in [-0.2, -0.15) is 18.3 Å². The maximum atomic E-state index is 12.6. The van der Waals surface area contributed by atoms with Crippen LogP contribution in [0.1, 0.15) is 46.9 Å². The standard InChI is InChI=1S/C21H22N4O2.C2HF3O2/c1-13(2)14-4-7-18(8-5-14)25-12-19(26)20(24-25)21(27)23-17-6-3-15-10-22-11-16(15)9-17;3-2(4,5)1(6)7/h3-9,12-13,22,26H,10-11H2,1-2H3,(H,23,27);(H,6,7). The molecule has 1 amide bonds. The number of benzene rings is 2. The minimum absolute atomic E-state index is 0.00144. The number of hydrogen-bond acceptors (Lipinski definition) is 5. The largest absolute Gasteiger partial charge is 0.504 e. The summed E-state index contributed by atoms with van der Waals surface area (Å²) in [6.07, 6.45) is -3.63. The number of amides is 1. The lowest BCUT2D eigenvalue weighted by molar-refractivity contribution is -0.192. The first-order valence-corrected chi connectivity index (χ1v) is 10.3. The second-order valence-electron chi connectivity index (χ2n) is 7.90. The Morgan fingerprint density at radius 2 is 1.71 bits per heavy atom. The van der Waals surface area contributed by atoms with E-state index >= 15 is 0 Å². The van der Waals surface area contributed by atoms with Crippen LogP contribution in [-0.4, -0.2) is 38.0 Å².